The van der Waals surface area contributed by atoms with Crippen LogP contribution in [0.3, 0.4) is 0 Å². The zero-order valence-electron chi connectivity index (χ0n) is 9.64. The predicted octanol–water partition coefficient (Wildman–Crippen LogP) is 3.59. The van der Waals surface area contributed by atoms with E-state index in [1.54, 1.807) is 6.92 Å². The number of nitrogens with zero attached hydrogens (tertiary/aromatic N) is 1. The number of para-hydroxylation sites is 1. The molecule has 0 unspecified atom stereocenters. The lowest BCUT2D eigenvalue weighted by atomic mass is 10.2. The van der Waals surface area contributed by atoms with Crippen molar-refractivity contribution in [1.29, 1.82) is 0 Å². The zero-order chi connectivity index (χ0) is 13.1. The number of aryl methyl sites for hydroxylation is 1. The number of rotatable bonds is 3. The van der Waals surface area contributed by atoms with Crippen LogP contribution in [0.4, 0.5) is 11.5 Å². The van der Waals surface area contributed by atoms with Crippen molar-refractivity contribution in [2.45, 2.75) is 6.92 Å². The van der Waals surface area contributed by atoms with Gasteiger partial charge in [-0.3, -0.25) is 0 Å². The van der Waals surface area contributed by atoms with E-state index in [1.165, 1.54) is 12.1 Å². The van der Waals surface area contributed by atoms with Crippen LogP contribution in [0.2, 0.25) is 0 Å². The van der Waals surface area contributed by atoms with Crippen LogP contribution in [0, 0.1) is 6.92 Å². The Bertz CT molecular complexity index is 599. The van der Waals surface area contributed by atoms with Crippen molar-refractivity contribution in [2.24, 2.45) is 0 Å². The first-order valence-corrected chi connectivity index (χ1v) is 6.09. The summed E-state index contributed by atoms with van der Waals surface area (Å²) in [5.41, 5.74) is 1.72. The summed E-state index contributed by atoms with van der Waals surface area (Å²) in [5, 5.41) is 12.1. The molecule has 0 aliphatic carbocycles. The molecule has 2 rings (SSSR count). The fourth-order valence-electron chi connectivity index (χ4n) is 1.56. The Morgan fingerprint density at radius 3 is 2.72 bits per heavy atom. The van der Waals surface area contributed by atoms with E-state index in [-0.39, 0.29) is 5.56 Å². The Hall–Kier alpha value is -1.88. The molecule has 4 nitrogen and oxygen atoms in total. The number of pyridine rings is 1. The number of carbonyl (C=O) groups is 1. The Morgan fingerprint density at radius 2 is 2.06 bits per heavy atom. The first kappa shape index (κ1) is 12.6. The highest BCUT2D eigenvalue weighted by Gasteiger charge is 2.07. The smallest absolute Gasteiger partial charge is 0.335 e. The summed E-state index contributed by atoms with van der Waals surface area (Å²) in [5.74, 6) is -0.449. The quantitative estimate of drug-likeness (QED) is 0.909. The Kier molecular flexibility index (Phi) is 3.62. The average molecular weight is 307 g/mol. The summed E-state index contributed by atoms with van der Waals surface area (Å²) in [7, 11) is 0. The van der Waals surface area contributed by atoms with Gasteiger partial charge in [0.1, 0.15) is 5.82 Å². The molecular weight excluding hydrogens is 296 g/mol. The van der Waals surface area contributed by atoms with E-state index in [2.05, 4.69) is 26.2 Å². The van der Waals surface area contributed by atoms with Crippen molar-refractivity contribution in [3.05, 3.63) is 52.1 Å². The topological polar surface area (TPSA) is 62.2 Å². The van der Waals surface area contributed by atoms with Crippen LogP contribution in [0.1, 0.15) is 16.1 Å². The molecule has 0 spiro atoms. The van der Waals surface area contributed by atoms with Crippen molar-refractivity contribution in [2.75, 3.05) is 5.32 Å². The van der Waals surface area contributed by atoms with Gasteiger partial charge in [0.05, 0.1) is 11.3 Å². The molecule has 0 fully saturated rings. The summed E-state index contributed by atoms with van der Waals surface area (Å²) in [4.78, 5) is 15.2. The minimum Gasteiger partial charge on any atom is -0.478 e. The first-order valence-electron chi connectivity index (χ1n) is 5.30. The maximum Gasteiger partial charge on any atom is 0.335 e. The fourth-order valence-corrected chi connectivity index (χ4v) is 1.94. The van der Waals surface area contributed by atoms with Gasteiger partial charge < -0.3 is 10.4 Å². The number of halogens is 1. The summed E-state index contributed by atoms with van der Waals surface area (Å²) < 4.78 is 0.894. The second kappa shape index (κ2) is 5.18. The molecule has 0 saturated carbocycles. The summed E-state index contributed by atoms with van der Waals surface area (Å²) in [6.07, 6.45) is 0. The number of aromatic carboxylic acids is 1. The minimum absolute atomic E-state index is 0.219. The molecule has 0 atom stereocenters. The third kappa shape index (κ3) is 2.87. The van der Waals surface area contributed by atoms with Gasteiger partial charge in [0, 0.05) is 10.2 Å². The molecule has 0 radical (unpaired) electrons. The van der Waals surface area contributed by atoms with Crippen LogP contribution in [0.25, 0.3) is 0 Å². The highest BCUT2D eigenvalue weighted by molar-refractivity contribution is 9.10. The number of benzene rings is 1. The molecule has 5 heteroatoms. The van der Waals surface area contributed by atoms with Gasteiger partial charge in [-0.1, -0.05) is 12.1 Å². The van der Waals surface area contributed by atoms with Crippen LogP contribution in [0.15, 0.2) is 40.9 Å². The monoisotopic (exact) mass is 306 g/mol. The van der Waals surface area contributed by atoms with Crippen LogP contribution in [0.5, 0.6) is 0 Å². The summed E-state index contributed by atoms with van der Waals surface area (Å²) in [6, 6.07) is 10.6. The molecular formula is C13H11BrN2O2. The lowest BCUT2D eigenvalue weighted by Crippen LogP contribution is -2.02. The molecule has 0 amide bonds. The van der Waals surface area contributed by atoms with Crippen molar-refractivity contribution in [3.63, 3.8) is 0 Å². The van der Waals surface area contributed by atoms with Gasteiger partial charge in [0.2, 0.25) is 0 Å². The SMILES string of the molecule is Cc1cc(C(=O)O)cc(Nc2ccccc2Br)n1. The van der Waals surface area contributed by atoms with E-state index in [0.717, 1.165) is 10.2 Å². The van der Waals surface area contributed by atoms with Crippen LogP contribution >= 0.6 is 15.9 Å². The molecule has 0 aliphatic rings. The Balaban J connectivity index is 2.35. The van der Waals surface area contributed by atoms with Crippen molar-refractivity contribution in [3.8, 4) is 0 Å². The molecule has 2 aromatic rings. The lowest BCUT2D eigenvalue weighted by Gasteiger charge is -2.09. The third-order valence-electron chi connectivity index (χ3n) is 2.34. The fraction of sp³-hybridized carbons (Fsp3) is 0.0769. The number of carboxylic acids is 1. The average Bonchev–Trinajstić information content (AvgIpc) is 2.31. The molecule has 0 bridgehead atoms. The Morgan fingerprint density at radius 1 is 1.33 bits per heavy atom. The van der Waals surface area contributed by atoms with Gasteiger partial charge in [-0.2, -0.15) is 0 Å². The molecule has 1 aromatic heterocycles. The van der Waals surface area contributed by atoms with Crippen LogP contribution in [-0.4, -0.2) is 16.1 Å². The van der Waals surface area contributed by atoms with Crippen molar-refractivity contribution in [1.82, 2.24) is 4.98 Å². The maximum atomic E-state index is 11.0. The van der Waals surface area contributed by atoms with Crippen molar-refractivity contribution < 1.29 is 9.90 Å². The van der Waals surface area contributed by atoms with Gasteiger partial charge in [0.15, 0.2) is 0 Å². The third-order valence-corrected chi connectivity index (χ3v) is 3.03. The molecule has 0 saturated heterocycles. The van der Waals surface area contributed by atoms with Gasteiger partial charge in [-0.05, 0) is 47.1 Å². The number of aromatic nitrogens is 1. The lowest BCUT2D eigenvalue weighted by molar-refractivity contribution is 0.0696. The summed E-state index contributed by atoms with van der Waals surface area (Å²) in [6.45, 7) is 1.76. The number of hydrogen-bond donors (Lipinski definition) is 2. The summed E-state index contributed by atoms with van der Waals surface area (Å²) >= 11 is 3.41. The van der Waals surface area contributed by atoms with Gasteiger partial charge in [0.25, 0.3) is 0 Å². The van der Waals surface area contributed by atoms with Crippen LogP contribution in [-0.2, 0) is 0 Å². The van der Waals surface area contributed by atoms with E-state index < -0.39 is 5.97 Å². The normalized spacial score (nSPS) is 10.1. The van der Waals surface area contributed by atoms with Gasteiger partial charge >= 0.3 is 5.97 Å². The maximum absolute atomic E-state index is 11.0. The molecule has 1 aromatic carbocycles. The van der Waals surface area contributed by atoms with E-state index in [0.29, 0.717) is 11.5 Å². The number of hydrogen-bond acceptors (Lipinski definition) is 3. The Labute approximate surface area is 113 Å². The number of carboxylic acid groups (broad SMARTS) is 1. The molecule has 18 heavy (non-hydrogen) atoms. The molecule has 1 heterocycles. The van der Waals surface area contributed by atoms with Crippen molar-refractivity contribution >= 4 is 33.4 Å². The van der Waals surface area contributed by atoms with Gasteiger partial charge in [-0.25, -0.2) is 9.78 Å². The second-order valence-corrected chi connectivity index (χ2v) is 4.65. The second-order valence-electron chi connectivity index (χ2n) is 3.79. The molecule has 2 N–H and O–H groups in total. The first-order chi connectivity index (χ1) is 8.56. The standard InChI is InChI=1S/C13H11BrN2O2/c1-8-6-9(13(17)18)7-12(15-8)16-11-5-3-2-4-10(11)14/h2-7H,1H3,(H,15,16)(H,17,18). The van der Waals surface area contributed by atoms with Gasteiger partial charge in [-0.15, -0.1) is 0 Å². The molecule has 92 valence electrons. The van der Waals surface area contributed by atoms with E-state index in [4.69, 9.17) is 5.11 Å². The number of nitrogens with one attached hydrogen (secondary N) is 1. The molecule has 0 aliphatic heterocycles. The van der Waals surface area contributed by atoms with E-state index >= 15 is 0 Å². The van der Waals surface area contributed by atoms with E-state index in [9.17, 15) is 4.79 Å². The number of anilines is 2. The zero-order valence-corrected chi connectivity index (χ0v) is 11.2. The largest absolute Gasteiger partial charge is 0.478 e. The predicted molar refractivity (Wildman–Crippen MR) is 73.4 cm³/mol. The highest BCUT2D eigenvalue weighted by atomic mass is 79.9. The van der Waals surface area contributed by atoms with E-state index in [1.807, 2.05) is 24.3 Å². The highest BCUT2D eigenvalue weighted by Crippen LogP contribution is 2.25. The van der Waals surface area contributed by atoms with Crippen LogP contribution < -0.4 is 5.32 Å². The minimum atomic E-state index is -0.962.